The average molecular weight is 555 g/mol. The number of aryl methyl sites for hydroxylation is 1. The van der Waals surface area contributed by atoms with Gasteiger partial charge in [0.2, 0.25) is 0 Å². The zero-order valence-electron chi connectivity index (χ0n) is 19.7. The third kappa shape index (κ3) is 5.17. The predicted molar refractivity (Wildman–Crippen MR) is 143 cm³/mol. The monoisotopic (exact) mass is 553 g/mol. The molecule has 0 aliphatic heterocycles. The molecule has 0 fully saturated rings. The molecule has 0 aliphatic rings. The van der Waals surface area contributed by atoms with Crippen LogP contribution < -0.4 is 5.56 Å². The highest BCUT2D eigenvalue weighted by atomic mass is 79.9. The minimum atomic E-state index is -0.538. The van der Waals surface area contributed by atoms with E-state index in [2.05, 4.69) is 15.9 Å². The van der Waals surface area contributed by atoms with E-state index in [1.165, 1.54) is 0 Å². The van der Waals surface area contributed by atoms with E-state index in [-0.39, 0.29) is 11.5 Å². The third-order valence-corrected chi connectivity index (χ3v) is 6.64. The van der Waals surface area contributed by atoms with Crippen LogP contribution in [0.25, 0.3) is 16.6 Å². The van der Waals surface area contributed by atoms with Gasteiger partial charge in [-0.1, -0.05) is 45.7 Å². The summed E-state index contributed by atoms with van der Waals surface area (Å²) in [5.74, 6) is 0.274. The molecule has 180 valence electrons. The first-order chi connectivity index (χ1) is 16.8. The Bertz CT molecular complexity index is 1450. The van der Waals surface area contributed by atoms with Crippen molar-refractivity contribution in [1.82, 2.24) is 14.5 Å². The van der Waals surface area contributed by atoms with E-state index in [0.717, 1.165) is 10.0 Å². The molecule has 1 unspecified atom stereocenters. The van der Waals surface area contributed by atoms with E-state index in [0.29, 0.717) is 46.2 Å². The Morgan fingerprint density at radius 2 is 1.91 bits per heavy atom. The molecule has 0 saturated carbocycles. The first-order valence-corrected chi connectivity index (χ1v) is 12.3. The molecule has 0 spiro atoms. The number of halogens is 2. The molecule has 0 aliphatic carbocycles. The van der Waals surface area contributed by atoms with Crippen LogP contribution in [-0.4, -0.2) is 40.6 Å². The Balaban J connectivity index is 1.93. The largest absolute Gasteiger partial charge is 0.383 e. The molecule has 4 aromatic rings. The summed E-state index contributed by atoms with van der Waals surface area (Å²) in [4.78, 5) is 34.0. The molecule has 6 nitrogen and oxygen atoms in total. The van der Waals surface area contributed by atoms with Crippen LogP contribution in [0, 0.1) is 6.92 Å². The second-order valence-corrected chi connectivity index (χ2v) is 9.59. The average Bonchev–Trinajstić information content (AvgIpc) is 2.84. The normalized spacial score (nSPS) is 12.0. The smallest absolute Gasteiger partial charge is 0.266 e. The molecule has 4 rings (SSSR count). The lowest BCUT2D eigenvalue weighted by atomic mass is 10.1. The van der Waals surface area contributed by atoms with E-state index >= 15 is 0 Å². The molecule has 35 heavy (non-hydrogen) atoms. The van der Waals surface area contributed by atoms with Gasteiger partial charge in [-0.2, -0.15) is 0 Å². The van der Waals surface area contributed by atoms with Gasteiger partial charge in [-0.25, -0.2) is 4.98 Å². The van der Waals surface area contributed by atoms with Gasteiger partial charge in [0.05, 0.1) is 29.2 Å². The summed E-state index contributed by atoms with van der Waals surface area (Å²) in [7, 11) is 1.59. The number of carbonyl (C=O) groups is 1. The highest BCUT2D eigenvalue weighted by Gasteiger charge is 2.28. The van der Waals surface area contributed by atoms with E-state index in [1.54, 1.807) is 46.9 Å². The Morgan fingerprint density at radius 3 is 2.63 bits per heavy atom. The van der Waals surface area contributed by atoms with E-state index < -0.39 is 6.04 Å². The molecule has 1 amide bonds. The molecule has 0 bridgehead atoms. The fourth-order valence-electron chi connectivity index (χ4n) is 4.12. The van der Waals surface area contributed by atoms with Crippen molar-refractivity contribution in [2.45, 2.75) is 19.9 Å². The number of hydrogen-bond donors (Lipinski definition) is 0. The second-order valence-electron chi connectivity index (χ2n) is 8.24. The number of nitrogens with zero attached hydrogens (tertiary/aromatic N) is 3. The number of methoxy groups -OCH3 is 1. The fourth-order valence-corrected chi connectivity index (χ4v) is 4.75. The highest BCUT2D eigenvalue weighted by Crippen LogP contribution is 2.27. The van der Waals surface area contributed by atoms with Gasteiger partial charge < -0.3 is 9.64 Å². The lowest BCUT2D eigenvalue weighted by molar-refractivity contribution is 0.0605. The van der Waals surface area contributed by atoms with Gasteiger partial charge in [-0.15, -0.1) is 0 Å². The number of fused-ring (bicyclic) bond motifs is 1. The summed E-state index contributed by atoms with van der Waals surface area (Å²) in [6, 6.07) is 19.3. The molecule has 3 aromatic carbocycles. The van der Waals surface area contributed by atoms with Crippen molar-refractivity contribution < 1.29 is 9.53 Å². The number of aromatic nitrogens is 2. The zero-order chi connectivity index (χ0) is 25.1. The topological polar surface area (TPSA) is 64.4 Å². The van der Waals surface area contributed by atoms with Gasteiger partial charge in [0.15, 0.2) is 0 Å². The second kappa shape index (κ2) is 10.7. The Labute approximate surface area is 217 Å². The maximum atomic E-state index is 13.8. The summed E-state index contributed by atoms with van der Waals surface area (Å²) in [6.45, 7) is 4.43. The fraction of sp³-hybridized carbons (Fsp3) is 0.222. The van der Waals surface area contributed by atoms with Crippen molar-refractivity contribution in [2.24, 2.45) is 0 Å². The lowest BCUT2D eigenvalue weighted by Crippen LogP contribution is -2.39. The molecule has 0 saturated heterocycles. The molecular weight excluding hydrogens is 530 g/mol. The highest BCUT2D eigenvalue weighted by molar-refractivity contribution is 9.10. The molecule has 1 atom stereocenters. The number of hydrogen-bond acceptors (Lipinski definition) is 4. The molecular formula is C27H25BrClN3O3. The van der Waals surface area contributed by atoms with Gasteiger partial charge >= 0.3 is 0 Å². The van der Waals surface area contributed by atoms with Crippen molar-refractivity contribution in [1.29, 1.82) is 0 Å². The van der Waals surface area contributed by atoms with Crippen LogP contribution in [0.4, 0.5) is 0 Å². The van der Waals surface area contributed by atoms with Gasteiger partial charge in [0.25, 0.3) is 11.5 Å². The first kappa shape index (κ1) is 25.1. The van der Waals surface area contributed by atoms with Gasteiger partial charge in [-0.3, -0.25) is 14.2 Å². The summed E-state index contributed by atoms with van der Waals surface area (Å²) in [5, 5.41) is 1.08. The van der Waals surface area contributed by atoms with Crippen LogP contribution in [-0.2, 0) is 4.74 Å². The van der Waals surface area contributed by atoms with E-state index in [1.807, 2.05) is 50.2 Å². The third-order valence-electron chi connectivity index (χ3n) is 5.91. The van der Waals surface area contributed by atoms with E-state index in [9.17, 15) is 9.59 Å². The van der Waals surface area contributed by atoms with Crippen LogP contribution in [0.1, 0.15) is 34.7 Å². The minimum absolute atomic E-state index is 0.183. The van der Waals surface area contributed by atoms with Crippen molar-refractivity contribution in [2.75, 3.05) is 20.3 Å². The number of amides is 1. The number of rotatable bonds is 7. The molecule has 0 N–H and O–H groups in total. The summed E-state index contributed by atoms with van der Waals surface area (Å²) >= 11 is 9.64. The summed E-state index contributed by atoms with van der Waals surface area (Å²) in [5.41, 5.74) is 2.39. The molecule has 1 aromatic heterocycles. The lowest BCUT2D eigenvalue weighted by Gasteiger charge is -2.31. The number of carbonyl (C=O) groups excluding carboxylic acids is 1. The van der Waals surface area contributed by atoms with Crippen LogP contribution >= 0.6 is 27.5 Å². The van der Waals surface area contributed by atoms with E-state index in [4.69, 9.17) is 21.3 Å². The van der Waals surface area contributed by atoms with Gasteiger partial charge in [-0.05, 0) is 67.9 Å². The van der Waals surface area contributed by atoms with Crippen LogP contribution in [0.3, 0.4) is 0 Å². The van der Waals surface area contributed by atoms with Crippen molar-refractivity contribution in [3.8, 4) is 5.69 Å². The quantitative estimate of drug-likeness (QED) is 0.283. The Hall–Kier alpha value is -3.00. The van der Waals surface area contributed by atoms with Crippen LogP contribution in [0.15, 0.2) is 76.0 Å². The van der Waals surface area contributed by atoms with Gasteiger partial charge in [0, 0.05) is 28.7 Å². The standard InChI is InChI=1S/C27H25BrClN3O3/c1-17-15-21(29)11-12-24(17)32-25(30-23-10-5-4-9-22(23)27(32)34)18(2)31(13-14-35-3)26(33)19-7-6-8-20(28)16-19/h4-12,15-16,18H,13-14H2,1-3H3. The maximum Gasteiger partial charge on any atom is 0.266 e. The Kier molecular flexibility index (Phi) is 7.69. The minimum Gasteiger partial charge on any atom is -0.383 e. The summed E-state index contributed by atoms with van der Waals surface area (Å²) < 4.78 is 7.70. The van der Waals surface area contributed by atoms with Crippen molar-refractivity contribution >= 4 is 44.3 Å². The molecule has 0 radical (unpaired) electrons. The molecule has 1 heterocycles. The number of benzene rings is 3. The van der Waals surface area contributed by atoms with Crippen LogP contribution in [0.2, 0.25) is 5.02 Å². The van der Waals surface area contributed by atoms with Gasteiger partial charge in [0.1, 0.15) is 5.82 Å². The first-order valence-electron chi connectivity index (χ1n) is 11.2. The number of para-hydroxylation sites is 1. The Morgan fingerprint density at radius 1 is 1.14 bits per heavy atom. The SMILES string of the molecule is COCCN(C(=O)c1cccc(Br)c1)C(C)c1nc2ccccc2c(=O)n1-c1ccc(Cl)cc1C. The zero-order valence-corrected chi connectivity index (χ0v) is 22.0. The summed E-state index contributed by atoms with van der Waals surface area (Å²) in [6.07, 6.45) is 0. The number of ether oxygens (including phenoxy) is 1. The van der Waals surface area contributed by atoms with Crippen molar-refractivity contribution in [3.63, 3.8) is 0 Å². The van der Waals surface area contributed by atoms with Crippen molar-refractivity contribution in [3.05, 3.63) is 104 Å². The predicted octanol–water partition coefficient (Wildman–Crippen LogP) is 5.96. The van der Waals surface area contributed by atoms with Crippen LogP contribution in [0.5, 0.6) is 0 Å². The maximum absolute atomic E-state index is 13.8. The molecule has 8 heteroatoms.